The zero-order chi connectivity index (χ0) is 35.2. The van der Waals surface area contributed by atoms with Gasteiger partial charge in [0.2, 0.25) is 21.9 Å². The molecule has 1 heterocycles. The Morgan fingerprint density at radius 1 is 0.880 bits per heavy atom. The van der Waals surface area contributed by atoms with Crippen molar-refractivity contribution in [3.8, 4) is 5.75 Å². The normalized spacial score (nSPS) is 16.0. The van der Waals surface area contributed by atoms with Crippen LogP contribution in [-0.2, 0) is 27.9 Å². The average molecular weight is 722 g/mol. The molecule has 3 saturated carbocycles. The number of aromatic carboxylic acids is 1. The van der Waals surface area contributed by atoms with E-state index in [1.165, 1.54) is 40.3 Å². The van der Waals surface area contributed by atoms with Gasteiger partial charge in [0.05, 0.1) is 36.6 Å². The van der Waals surface area contributed by atoms with Crippen LogP contribution >= 0.6 is 11.6 Å². The molecule has 1 N–H and O–H groups in total. The number of aromatic nitrogens is 1. The lowest BCUT2D eigenvalue weighted by Crippen LogP contribution is -2.42. The van der Waals surface area contributed by atoms with E-state index in [2.05, 4.69) is 23.2 Å². The number of ether oxygens (including phenoxy) is 1. The van der Waals surface area contributed by atoms with Gasteiger partial charge in [-0.25, -0.2) is 22.6 Å². The predicted molar refractivity (Wildman–Crippen MR) is 182 cm³/mol. The maximum Gasteiger partial charge on any atom is 0.335 e. The second-order valence-electron chi connectivity index (χ2n) is 13.2. The number of amides is 1. The van der Waals surface area contributed by atoms with Gasteiger partial charge in [-0.3, -0.25) is 4.79 Å². The van der Waals surface area contributed by atoms with Gasteiger partial charge in [-0.15, -0.1) is 0 Å². The smallest absolute Gasteiger partial charge is 0.335 e. The van der Waals surface area contributed by atoms with Crippen LogP contribution in [0.2, 0.25) is 5.02 Å². The minimum Gasteiger partial charge on any atom is -0.488 e. The molecule has 3 aliphatic rings. The molecule has 3 fully saturated rings. The molecule has 9 nitrogen and oxygen atoms in total. The third-order valence-electron chi connectivity index (χ3n) is 9.10. The largest absolute Gasteiger partial charge is 0.488 e. The molecule has 0 aliphatic heterocycles. The maximum absolute atomic E-state index is 14.6. The molecular formula is C37H34ClF2N3O6S. The molecular weight excluding hydrogens is 688 g/mol. The molecule has 0 atom stereocenters. The van der Waals surface area contributed by atoms with Gasteiger partial charge >= 0.3 is 5.97 Å². The summed E-state index contributed by atoms with van der Waals surface area (Å²) in [6, 6.07) is 16.1. The first-order chi connectivity index (χ1) is 23.9. The Bertz CT molecular complexity index is 2040. The summed E-state index contributed by atoms with van der Waals surface area (Å²) in [6.07, 6.45) is 6.61. The Morgan fingerprint density at radius 2 is 1.58 bits per heavy atom. The van der Waals surface area contributed by atoms with Crippen molar-refractivity contribution in [2.24, 2.45) is 0 Å². The Balaban J connectivity index is 1.30. The van der Waals surface area contributed by atoms with Crippen LogP contribution in [0.5, 0.6) is 5.75 Å². The van der Waals surface area contributed by atoms with Crippen molar-refractivity contribution in [2.45, 2.75) is 74.4 Å². The highest BCUT2D eigenvalue weighted by Gasteiger charge is 2.34. The molecule has 3 aromatic carbocycles. The third-order valence-corrected chi connectivity index (χ3v) is 11.2. The van der Waals surface area contributed by atoms with E-state index >= 15 is 0 Å². The van der Waals surface area contributed by atoms with Crippen molar-refractivity contribution in [1.82, 2.24) is 9.29 Å². The standard InChI is InChI=1S/C37H34ClF2N3O6S/c38-32-17-29(39)7-5-26(32)20-42(50(47,48)31-10-12-35(40)41-18-31)21-36(44)43(33-11-6-25(37(45)46)16-34(33)49-30-8-9-30)19-22-13-27(23-1-2-23)15-28(14-22)24-3-4-24/h5-7,10-18,23-24,30H,1-4,8-9,19-21H2,(H,45,46). The Morgan fingerprint density at radius 3 is 2.16 bits per heavy atom. The first-order valence-electron chi connectivity index (χ1n) is 16.5. The van der Waals surface area contributed by atoms with Gasteiger partial charge in [0.15, 0.2) is 0 Å². The number of rotatable bonds is 14. The van der Waals surface area contributed by atoms with E-state index in [0.717, 1.165) is 78.9 Å². The summed E-state index contributed by atoms with van der Waals surface area (Å²) in [6.45, 7) is -1.06. The number of benzene rings is 3. The number of carbonyl (C=O) groups is 2. The highest BCUT2D eigenvalue weighted by atomic mass is 35.5. The van der Waals surface area contributed by atoms with Crippen LogP contribution in [0.15, 0.2) is 77.8 Å². The van der Waals surface area contributed by atoms with Crippen LogP contribution in [0.25, 0.3) is 0 Å². The van der Waals surface area contributed by atoms with Gasteiger partial charge in [-0.1, -0.05) is 35.9 Å². The van der Waals surface area contributed by atoms with Gasteiger partial charge in [-0.2, -0.15) is 8.70 Å². The van der Waals surface area contributed by atoms with E-state index < -0.39 is 46.8 Å². The summed E-state index contributed by atoms with van der Waals surface area (Å²) in [5.74, 6) is -2.22. The van der Waals surface area contributed by atoms with Gasteiger partial charge in [0, 0.05) is 11.6 Å². The molecule has 4 aromatic rings. The van der Waals surface area contributed by atoms with E-state index in [9.17, 15) is 31.9 Å². The van der Waals surface area contributed by atoms with Crippen LogP contribution in [0.3, 0.4) is 0 Å². The number of carboxylic acid groups (broad SMARTS) is 1. The Kier molecular flexibility index (Phi) is 9.36. The Labute approximate surface area is 293 Å². The minimum atomic E-state index is -4.49. The molecule has 0 radical (unpaired) electrons. The number of sulfonamides is 1. The maximum atomic E-state index is 14.6. The molecule has 260 valence electrons. The molecule has 1 amide bonds. The minimum absolute atomic E-state index is 0.0254. The summed E-state index contributed by atoms with van der Waals surface area (Å²) in [7, 11) is -4.49. The van der Waals surface area contributed by atoms with Gasteiger partial charge in [0.1, 0.15) is 16.5 Å². The number of halogens is 3. The predicted octanol–water partition coefficient (Wildman–Crippen LogP) is 7.43. The summed E-state index contributed by atoms with van der Waals surface area (Å²) < 4.78 is 62.8. The van der Waals surface area contributed by atoms with Crippen molar-refractivity contribution in [3.05, 3.63) is 118 Å². The molecule has 0 unspecified atom stereocenters. The van der Waals surface area contributed by atoms with Crippen molar-refractivity contribution in [2.75, 3.05) is 11.4 Å². The topological polar surface area (TPSA) is 117 Å². The number of hydrogen-bond acceptors (Lipinski definition) is 6. The lowest BCUT2D eigenvalue weighted by atomic mass is 9.99. The van der Waals surface area contributed by atoms with Crippen molar-refractivity contribution < 1.29 is 36.6 Å². The number of nitrogens with zero attached hydrogens (tertiary/aromatic N) is 3. The third kappa shape index (κ3) is 7.82. The quantitative estimate of drug-likeness (QED) is 0.135. The van der Waals surface area contributed by atoms with Crippen molar-refractivity contribution in [1.29, 1.82) is 0 Å². The zero-order valence-corrected chi connectivity index (χ0v) is 28.5. The van der Waals surface area contributed by atoms with Crippen LogP contribution < -0.4 is 9.64 Å². The molecule has 1 aromatic heterocycles. The fraction of sp³-hybridized carbons (Fsp3) is 0.324. The highest BCUT2D eigenvalue weighted by molar-refractivity contribution is 7.89. The monoisotopic (exact) mass is 721 g/mol. The van der Waals surface area contributed by atoms with Gasteiger partial charge in [0.25, 0.3) is 0 Å². The van der Waals surface area contributed by atoms with Gasteiger partial charge < -0.3 is 14.7 Å². The fourth-order valence-electron chi connectivity index (χ4n) is 5.93. The summed E-state index contributed by atoms with van der Waals surface area (Å²) in [5.41, 5.74) is 3.75. The van der Waals surface area contributed by atoms with E-state index in [0.29, 0.717) is 11.8 Å². The van der Waals surface area contributed by atoms with E-state index in [1.54, 1.807) is 0 Å². The van der Waals surface area contributed by atoms with Crippen LogP contribution in [-0.4, -0.2) is 47.3 Å². The molecule has 13 heteroatoms. The number of hydrogen-bond donors (Lipinski definition) is 1. The molecule has 0 saturated heterocycles. The lowest BCUT2D eigenvalue weighted by Gasteiger charge is -2.29. The van der Waals surface area contributed by atoms with Crippen molar-refractivity contribution >= 4 is 39.2 Å². The van der Waals surface area contributed by atoms with Crippen LogP contribution in [0.1, 0.15) is 83.0 Å². The van der Waals surface area contributed by atoms with Crippen LogP contribution in [0.4, 0.5) is 14.5 Å². The van der Waals surface area contributed by atoms with Crippen molar-refractivity contribution in [3.63, 3.8) is 0 Å². The first kappa shape index (κ1) is 34.1. The number of pyridine rings is 1. The number of anilines is 1. The number of carboxylic acids is 1. The second kappa shape index (κ2) is 13.7. The average Bonchev–Trinajstić information content (AvgIpc) is 3.92. The summed E-state index contributed by atoms with van der Waals surface area (Å²) in [5, 5.41) is 9.71. The summed E-state index contributed by atoms with van der Waals surface area (Å²) in [4.78, 5) is 31.1. The highest BCUT2D eigenvalue weighted by Crippen LogP contribution is 2.46. The molecule has 3 aliphatic carbocycles. The van der Waals surface area contributed by atoms with E-state index in [-0.39, 0.29) is 45.1 Å². The summed E-state index contributed by atoms with van der Waals surface area (Å²) >= 11 is 6.32. The van der Waals surface area contributed by atoms with E-state index in [4.69, 9.17) is 16.3 Å². The first-order valence-corrected chi connectivity index (χ1v) is 18.3. The van der Waals surface area contributed by atoms with Gasteiger partial charge in [-0.05, 0) is 115 Å². The zero-order valence-electron chi connectivity index (χ0n) is 26.9. The number of carbonyl (C=O) groups excluding carboxylic acids is 1. The molecule has 0 spiro atoms. The Hall–Kier alpha value is -4.39. The molecule has 0 bridgehead atoms. The fourth-order valence-corrected chi connectivity index (χ4v) is 7.47. The molecule has 7 rings (SSSR count). The van der Waals surface area contributed by atoms with E-state index in [1.807, 2.05) is 0 Å². The van der Waals surface area contributed by atoms with Crippen LogP contribution in [0, 0.1) is 11.8 Å². The second-order valence-corrected chi connectivity index (χ2v) is 15.5. The SMILES string of the molecule is O=C(O)c1ccc(N(Cc2cc(C3CC3)cc(C3CC3)c2)C(=O)CN(Cc2ccc(F)cc2Cl)S(=O)(=O)c2ccc(F)nc2)c(OC2CC2)c1. The molecule has 50 heavy (non-hydrogen) atoms. The lowest BCUT2D eigenvalue weighted by molar-refractivity contribution is -0.119.